The average molecular weight is 411 g/mol. The van der Waals surface area contributed by atoms with Crippen LogP contribution in [0.4, 0.5) is 5.95 Å². The monoisotopic (exact) mass is 409 g/mol. The molecule has 1 saturated heterocycles. The van der Waals surface area contributed by atoms with Crippen molar-refractivity contribution >= 4 is 43.7 Å². The summed E-state index contributed by atoms with van der Waals surface area (Å²) in [5, 5.41) is 0.820. The van der Waals surface area contributed by atoms with Gasteiger partial charge in [0.2, 0.25) is 11.9 Å². The lowest BCUT2D eigenvalue weighted by atomic mass is 10.1. The van der Waals surface area contributed by atoms with E-state index in [0.717, 1.165) is 21.1 Å². The van der Waals surface area contributed by atoms with E-state index in [1.54, 1.807) is 11.1 Å². The van der Waals surface area contributed by atoms with Crippen molar-refractivity contribution in [3.63, 3.8) is 0 Å². The van der Waals surface area contributed by atoms with Gasteiger partial charge in [0, 0.05) is 34.5 Å². The van der Waals surface area contributed by atoms with Crippen LogP contribution in [0.25, 0.3) is 11.3 Å². The molecule has 1 aliphatic heterocycles. The molecule has 0 bridgehead atoms. The Hall–Kier alpha value is -1.27. The van der Waals surface area contributed by atoms with E-state index >= 15 is 0 Å². The fourth-order valence-corrected chi connectivity index (χ4v) is 3.20. The van der Waals surface area contributed by atoms with E-state index in [9.17, 15) is 4.79 Å². The maximum absolute atomic E-state index is 12.1. The van der Waals surface area contributed by atoms with Gasteiger partial charge in [0.1, 0.15) is 0 Å². The highest BCUT2D eigenvalue weighted by Gasteiger charge is 2.31. The van der Waals surface area contributed by atoms with Crippen molar-refractivity contribution in [3.8, 4) is 11.3 Å². The minimum Gasteiger partial charge on any atom is -0.280 e. The molecule has 1 amide bonds. The van der Waals surface area contributed by atoms with Crippen molar-refractivity contribution in [3.05, 3.63) is 41.0 Å². The number of hydrogen-bond acceptors (Lipinski definition) is 3. The summed E-state index contributed by atoms with van der Waals surface area (Å²) in [5.74, 6) is 0.905. The van der Waals surface area contributed by atoms with Crippen molar-refractivity contribution in [2.45, 2.75) is 6.42 Å². The van der Waals surface area contributed by atoms with Gasteiger partial charge in [0.25, 0.3) is 0 Å². The van der Waals surface area contributed by atoms with Gasteiger partial charge in [-0.15, -0.1) is 0 Å². The minimum absolute atomic E-state index is 0.0887. The fourth-order valence-electron chi connectivity index (χ4n) is 2.37. The van der Waals surface area contributed by atoms with E-state index in [1.165, 1.54) is 0 Å². The van der Waals surface area contributed by atoms with Crippen LogP contribution in [0.15, 0.2) is 41.0 Å². The van der Waals surface area contributed by atoms with E-state index in [2.05, 4.69) is 41.8 Å². The predicted octanol–water partition coefficient (Wildman–Crippen LogP) is 3.65. The minimum atomic E-state index is 0.0887. The van der Waals surface area contributed by atoms with Crippen LogP contribution in [0.2, 0.25) is 0 Å². The lowest BCUT2D eigenvalue weighted by Gasteiger charge is -2.14. The molecule has 0 radical (unpaired) electrons. The molecular weight excluding hydrogens is 398 g/mol. The first-order valence-corrected chi connectivity index (χ1v) is 8.54. The predicted molar refractivity (Wildman–Crippen MR) is 89.4 cm³/mol. The molecule has 1 atom stereocenters. The van der Waals surface area contributed by atoms with Crippen molar-refractivity contribution < 1.29 is 4.79 Å². The second-order valence-electron chi connectivity index (χ2n) is 4.98. The molecule has 0 N–H and O–H groups in total. The highest BCUT2D eigenvalue weighted by atomic mass is 79.9. The van der Waals surface area contributed by atoms with Crippen LogP contribution in [0, 0.1) is 5.92 Å². The van der Waals surface area contributed by atoms with Crippen LogP contribution in [-0.4, -0.2) is 27.7 Å². The maximum atomic E-state index is 12.1. The van der Waals surface area contributed by atoms with Crippen LogP contribution in [0.1, 0.15) is 6.42 Å². The van der Waals surface area contributed by atoms with Gasteiger partial charge < -0.3 is 0 Å². The second-order valence-corrected chi connectivity index (χ2v) is 6.54. The third-order valence-corrected chi connectivity index (χ3v) is 4.84. The third kappa shape index (κ3) is 3.16. The molecule has 4 nitrogen and oxygen atoms in total. The standard InChI is InChI=1S/C15H13Br2N3O/c16-8-10-6-14(21)20(9-10)15-18-5-4-13(19-15)11-2-1-3-12(17)7-11/h1-5,7,10H,6,8-9H2. The summed E-state index contributed by atoms with van der Waals surface area (Å²) in [4.78, 5) is 22.5. The van der Waals surface area contributed by atoms with Gasteiger partial charge >= 0.3 is 0 Å². The molecular formula is C15H13Br2N3O. The first kappa shape index (κ1) is 14.7. The first-order chi connectivity index (χ1) is 10.2. The summed E-state index contributed by atoms with van der Waals surface area (Å²) >= 11 is 6.90. The Balaban J connectivity index is 1.92. The SMILES string of the molecule is O=C1CC(CBr)CN1c1nccc(-c2cccc(Br)c2)n1. The van der Waals surface area contributed by atoms with Crippen LogP contribution < -0.4 is 4.90 Å². The van der Waals surface area contributed by atoms with Crippen molar-refractivity contribution in [1.29, 1.82) is 0 Å². The topological polar surface area (TPSA) is 46.1 Å². The lowest BCUT2D eigenvalue weighted by molar-refractivity contribution is -0.117. The molecule has 2 heterocycles. The Morgan fingerprint density at radius 3 is 2.90 bits per heavy atom. The van der Waals surface area contributed by atoms with Crippen molar-refractivity contribution in [1.82, 2.24) is 9.97 Å². The van der Waals surface area contributed by atoms with Gasteiger partial charge in [-0.25, -0.2) is 9.97 Å². The fraction of sp³-hybridized carbons (Fsp3) is 0.267. The number of alkyl halides is 1. The number of halogens is 2. The third-order valence-electron chi connectivity index (χ3n) is 3.43. The van der Waals surface area contributed by atoms with Gasteiger partial charge in [-0.2, -0.15) is 0 Å². The highest BCUT2D eigenvalue weighted by molar-refractivity contribution is 9.10. The summed E-state index contributed by atoms with van der Waals surface area (Å²) in [6.07, 6.45) is 2.25. The highest BCUT2D eigenvalue weighted by Crippen LogP contribution is 2.26. The van der Waals surface area contributed by atoms with Gasteiger partial charge in [-0.1, -0.05) is 44.0 Å². The van der Waals surface area contributed by atoms with E-state index < -0.39 is 0 Å². The summed E-state index contributed by atoms with van der Waals surface area (Å²) in [5.41, 5.74) is 1.81. The molecule has 0 saturated carbocycles. The maximum Gasteiger partial charge on any atom is 0.232 e. The Morgan fingerprint density at radius 1 is 1.33 bits per heavy atom. The summed E-state index contributed by atoms with van der Waals surface area (Å²) < 4.78 is 0.997. The summed E-state index contributed by atoms with van der Waals surface area (Å²) in [6.45, 7) is 0.673. The second kappa shape index (κ2) is 6.23. The Kier molecular flexibility index (Phi) is 4.35. The molecule has 0 spiro atoms. The summed E-state index contributed by atoms with van der Waals surface area (Å²) in [6, 6.07) is 9.77. The Labute approximate surface area is 139 Å². The zero-order valence-corrected chi connectivity index (χ0v) is 14.3. The molecule has 2 aromatic rings. The number of aromatic nitrogens is 2. The largest absolute Gasteiger partial charge is 0.280 e. The molecule has 1 aromatic heterocycles. The Morgan fingerprint density at radius 2 is 2.19 bits per heavy atom. The molecule has 1 aromatic carbocycles. The number of hydrogen-bond donors (Lipinski definition) is 0. The number of anilines is 1. The normalized spacial score (nSPS) is 18.3. The van der Waals surface area contributed by atoms with E-state index in [0.29, 0.717) is 24.8 Å². The van der Waals surface area contributed by atoms with E-state index in [1.807, 2.05) is 30.3 Å². The molecule has 108 valence electrons. The van der Waals surface area contributed by atoms with Crippen molar-refractivity contribution in [2.24, 2.45) is 5.92 Å². The lowest BCUT2D eigenvalue weighted by Crippen LogP contribution is -2.26. The molecule has 1 aliphatic rings. The molecule has 3 rings (SSSR count). The number of rotatable bonds is 3. The molecule has 21 heavy (non-hydrogen) atoms. The number of nitrogens with zero attached hydrogens (tertiary/aromatic N) is 3. The molecule has 0 aliphatic carbocycles. The van der Waals surface area contributed by atoms with Crippen LogP contribution in [0.3, 0.4) is 0 Å². The average Bonchev–Trinajstić information content (AvgIpc) is 2.89. The van der Waals surface area contributed by atoms with Crippen LogP contribution >= 0.6 is 31.9 Å². The van der Waals surface area contributed by atoms with E-state index in [4.69, 9.17) is 0 Å². The van der Waals surface area contributed by atoms with Crippen molar-refractivity contribution in [2.75, 3.05) is 16.8 Å². The number of carbonyl (C=O) groups excluding carboxylic acids is 1. The van der Waals surface area contributed by atoms with Crippen LogP contribution in [-0.2, 0) is 4.79 Å². The first-order valence-electron chi connectivity index (χ1n) is 6.62. The Bertz CT molecular complexity index is 677. The zero-order chi connectivity index (χ0) is 14.8. The molecule has 6 heteroatoms. The van der Waals surface area contributed by atoms with Gasteiger partial charge in [0.05, 0.1) is 5.69 Å². The van der Waals surface area contributed by atoms with Gasteiger partial charge in [-0.3, -0.25) is 9.69 Å². The van der Waals surface area contributed by atoms with Crippen LogP contribution in [0.5, 0.6) is 0 Å². The quantitative estimate of drug-likeness (QED) is 0.725. The number of amides is 1. The van der Waals surface area contributed by atoms with Gasteiger partial charge in [-0.05, 0) is 24.1 Å². The molecule has 1 unspecified atom stereocenters. The zero-order valence-electron chi connectivity index (χ0n) is 11.2. The van der Waals surface area contributed by atoms with E-state index in [-0.39, 0.29) is 5.91 Å². The summed E-state index contributed by atoms with van der Waals surface area (Å²) in [7, 11) is 0. The number of benzene rings is 1. The van der Waals surface area contributed by atoms with Gasteiger partial charge in [0.15, 0.2) is 0 Å². The molecule has 1 fully saturated rings. The number of carbonyl (C=O) groups is 1. The smallest absolute Gasteiger partial charge is 0.232 e.